The van der Waals surface area contributed by atoms with Crippen LogP contribution in [0.3, 0.4) is 0 Å². The smallest absolute Gasteiger partial charge is 0.0565 e. The predicted octanol–water partition coefficient (Wildman–Crippen LogP) is 3.75. The van der Waals surface area contributed by atoms with Gasteiger partial charge in [0, 0.05) is 0 Å². The summed E-state index contributed by atoms with van der Waals surface area (Å²) in [5, 5.41) is 9.70. The Labute approximate surface area is 83.5 Å². The van der Waals surface area contributed by atoms with Crippen molar-refractivity contribution in [3.63, 3.8) is 0 Å². The molecule has 0 saturated carbocycles. The van der Waals surface area contributed by atoms with Crippen molar-refractivity contribution >= 4 is 0 Å². The fourth-order valence-electron chi connectivity index (χ4n) is 1.89. The van der Waals surface area contributed by atoms with E-state index in [0.29, 0.717) is 0 Å². The summed E-state index contributed by atoms with van der Waals surface area (Å²) < 4.78 is 0. The highest BCUT2D eigenvalue weighted by atomic mass is 16.3. The normalized spacial score (nSPS) is 18.2. The lowest BCUT2D eigenvalue weighted by atomic mass is 9.76. The Morgan fingerprint density at radius 1 is 1.08 bits per heavy atom. The van der Waals surface area contributed by atoms with Crippen LogP contribution in [-0.2, 0) is 0 Å². The lowest BCUT2D eigenvalue weighted by molar-refractivity contribution is 0.0361. The summed E-state index contributed by atoms with van der Waals surface area (Å²) in [4.78, 5) is 0. The lowest BCUT2D eigenvalue weighted by Gasteiger charge is -2.32. The van der Waals surface area contributed by atoms with Crippen LogP contribution in [0.1, 0.15) is 66.2 Å². The van der Waals surface area contributed by atoms with Gasteiger partial charge in [0.25, 0.3) is 0 Å². The second-order valence-electron chi connectivity index (χ2n) is 4.54. The van der Waals surface area contributed by atoms with E-state index in [2.05, 4.69) is 20.8 Å². The molecule has 0 spiro atoms. The third-order valence-corrected chi connectivity index (χ3v) is 3.18. The first-order valence-electron chi connectivity index (χ1n) is 5.75. The molecule has 1 N–H and O–H groups in total. The van der Waals surface area contributed by atoms with Crippen molar-refractivity contribution < 1.29 is 5.11 Å². The van der Waals surface area contributed by atoms with Gasteiger partial charge in [0.2, 0.25) is 0 Å². The van der Waals surface area contributed by atoms with Gasteiger partial charge in [-0.3, -0.25) is 0 Å². The molecule has 2 unspecified atom stereocenters. The topological polar surface area (TPSA) is 20.2 Å². The maximum Gasteiger partial charge on any atom is 0.0565 e. The van der Waals surface area contributed by atoms with Gasteiger partial charge in [-0.15, -0.1) is 0 Å². The fraction of sp³-hybridized carbons (Fsp3) is 1.00. The van der Waals surface area contributed by atoms with E-state index in [9.17, 15) is 5.11 Å². The third kappa shape index (κ3) is 4.66. The Kier molecular flexibility index (Phi) is 6.40. The molecular weight excluding hydrogens is 160 g/mol. The zero-order valence-corrected chi connectivity index (χ0v) is 9.77. The first-order valence-corrected chi connectivity index (χ1v) is 5.75. The largest absolute Gasteiger partial charge is 0.393 e. The zero-order chi connectivity index (χ0) is 10.3. The average molecular weight is 186 g/mol. The molecule has 2 atom stereocenters. The van der Waals surface area contributed by atoms with Crippen LogP contribution in [0.15, 0.2) is 0 Å². The molecule has 0 aromatic carbocycles. The monoisotopic (exact) mass is 186 g/mol. The molecule has 0 aliphatic rings. The van der Waals surface area contributed by atoms with Crippen molar-refractivity contribution in [2.45, 2.75) is 72.3 Å². The Balaban J connectivity index is 3.92. The molecule has 0 heterocycles. The molecule has 0 fully saturated rings. The highest BCUT2D eigenvalue weighted by Gasteiger charge is 2.27. The van der Waals surface area contributed by atoms with Gasteiger partial charge in [0.1, 0.15) is 0 Å². The molecule has 0 aromatic heterocycles. The van der Waals surface area contributed by atoms with Crippen LogP contribution in [0.2, 0.25) is 0 Å². The first-order chi connectivity index (χ1) is 6.06. The number of aliphatic hydroxyl groups is 1. The van der Waals surface area contributed by atoms with Crippen LogP contribution in [0.25, 0.3) is 0 Å². The van der Waals surface area contributed by atoms with Gasteiger partial charge in [-0.2, -0.15) is 0 Å². The molecule has 1 heteroatoms. The second-order valence-corrected chi connectivity index (χ2v) is 4.54. The predicted molar refractivity (Wildman–Crippen MR) is 58.8 cm³/mol. The van der Waals surface area contributed by atoms with E-state index >= 15 is 0 Å². The minimum absolute atomic E-state index is 0.157. The second kappa shape index (κ2) is 6.42. The van der Waals surface area contributed by atoms with Crippen LogP contribution >= 0.6 is 0 Å². The van der Waals surface area contributed by atoms with Crippen molar-refractivity contribution in [2.24, 2.45) is 5.41 Å². The number of aliphatic hydroxyl groups excluding tert-OH is 1. The van der Waals surface area contributed by atoms with Crippen LogP contribution < -0.4 is 0 Å². The van der Waals surface area contributed by atoms with E-state index in [0.717, 1.165) is 6.42 Å². The van der Waals surface area contributed by atoms with Crippen molar-refractivity contribution in [1.82, 2.24) is 0 Å². The van der Waals surface area contributed by atoms with Crippen molar-refractivity contribution in [1.29, 1.82) is 0 Å². The molecule has 0 aliphatic carbocycles. The van der Waals surface area contributed by atoms with Gasteiger partial charge >= 0.3 is 0 Å². The maximum absolute atomic E-state index is 9.70. The van der Waals surface area contributed by atoms with Gasteiger partial charge in [-0.05, 0) is 25.2 Å². The van der Waals surface area contributed by atoms with E-state index < -0.39 is 0 Å². The number of hydrogen-bond donors (Lipinski definition) is 1. The van der Waals surface area contributed by atoms with Gasteiger partial charge in [-0.1, -0.05) is 46.5 Å². The Bertz CT molecular complexity index is 120. The lowest BCUT2D eigenvalue weighted by Crippen LogP contribution is -2.29. The molecular formula is C12H26O. The number of rotatable bonds is 7. The number of hydrogen-bond acceptors (Lipinski definition) is 1. The van der Waals surface area contributed by atoms with Crippen LogP contribution in [-0.4, -0.2) is 11.2 Å². The van der Waals surface area contributed by atoms with Gasteiger partial charge in [0.15, 0.2) is 0 Å². The van der Waals surface area contributed by atoms with Crippen LogP contribution in [0.4, 0.5) is 0 Å². The Morgan fingerprint density at radius 3 is 2.08 bits per heavy atom. The molecule has 0 bridgehead atoms. The Morgan fingerprint density at radius 2 is 1.69 bits per heavy atom. The van der Waals surface area contributed by atoms with E-state index in [4.69, 9.17) is 0 Å². The van der Waals surface area contributed by atoms with Crippen molar-refractivity contribution in [2.75, 3.05) is 0 Å². The molecule has 0 saturated heterocycles. The summed E-state index contributed by atoms with van der Waals surface area (Å²) in [5.74, 6) is 0. The average Bonchev–Trinajstić information content (AvgIpc) is 2.05. The van der Waals surface area contributed by atoms with Crippen molar-refractivity contribution in [3.05, 3.63) is 0 Å². The summed E-state index contributed by atoms with van der Waals surface area (Å²) >= 11 is 0. The minimum atomic E-state index is -0.163. The fourth-order valence-corrected chi connectivity index (χ4v) is 1.89. The van der Waals surface area contributed by atoms with E-state index in [-0.39, 0.29) is 11.5 Å². The maximum atomic E-state index is 9.70. The van der Waals surface area contributed by atoms with E-state index in [1.54, 1.807) is 0 Å². The third-order valence-electron chi connectivity index (χ3n) is 3.18. The summed E-state index contributed by atoms with van der Waals surface area (Å²) in [5.41, 5.74) is 0.157. The van der Waals surface area contributed by atoms with E-state index in [1.165, 1.54) is 32.1 Å². The molecule has 0 aromatic rings. The van der Waals surface area contributed by atoms with Gasteiger partial charge in [0.05, 0.1) is 6.10 Å². The van der Waals surface area contributed by atoms with Gasteiger partial charge < -0.3 is 5.11 Å². The minimum Gasteiger partial charge on any atom is -0.393 e. The molecule has 0 rings (SSSR count). The Hall–Kier alpha value is -0.0400. The summed E-state index contributed by atoms with van der Waals surface area (Å²) in [6.07, 6.45) is 7.16. The van der Waals surface area contributed by atoms with Gasteiger partial charge in [-0.25, -0.2) is 0 Å². The molecule has 80 valence electrons. The zero-order valence-electron chi connectivity index (χ0n) is 9.77. The first kappa shape index (κ1) is 13.0. The van der Waals surface area contributed by atoms with Crippen LogP contribution in [0, 0.1) is 5.41 Å². The summed E-state index contributed by atoms with van der Waals surface area (Å²) in [6.45, 7) is 8.57. The standard InChI is InChI=1S/C12H26O/c1-5-7-8-10-12(4,9-6-2)11(3)13/h11,13H,5-10H2,1-4H3. The molecule has 1 nitrogen and oxygen atoms in total. The van der Waals surface area contributed by atoms with Crippen LogP contribution in [0.5, 0.6) is 0 Å². The molecule has 13 heavy (non-hydrogen) atoms. The van der Waals surface area contributed by atoms with Crippen molar-refractivity contribution in [3.8, 4) is 0 Å². The number of unbranched alkanes of at least 4 members (excludes halogenated alkanes) is 2. The summed E-state index contributed by atoms with van der Waals surface area (Å²) in [6, 6.07) is 0. The molecule has 0 aliphatic heterocycles. The highest BCUT2D eigenvalue weighted by Crippen LogP contribution is 2.33. The molecule has 0 radical (unpaired) electrons. The highest BCUT2D eigenvalue weighted by molar-refractivity contribution is 4.78. The quantitative estimate of drug-likeness (QED) is 0.600. The van der Waals surface area contributed by atoms with E-state index in [1.807, 2.05) is 6.92 Å². The summed E-state index contributed by atoms with van der Waals surface area (Å²) in [7, 11) is 0. The SMILES string of the molecule is CCCCCC(C)(CCC)C(C)O. The molecule has 0 amide bonds.